The molecule has 16 nitrogen and oxygen atoms in total. The molecular weight excluding hydrogens is 662 g/mol. The van der Waals surface area contributed by atoms with Crippen molar-refractivity contribution in [1.82, 2.24) is 5.32 Å². The number of hydrogen-bond donors (Lipinski definition) is 1. The highest BCUT2D eigenvalue weighted by Gasteiger charge is 2.47. The number of hydrogen-bond acceptors (Lipinski definition) is 15. The van der Waals surface area contributed by atoms with E-state index >= 15 is 0 Å². The molecule has 0 heterocycles. The minimum atomic E-state index is -1.97. The molecule has 50 heavy (non-hydrogen) atoms. The first kappa shape index (κ1) is 43.0. The van der Waals surface area contributed by atoms with Crippen LogP contribution in [-0.4, -0.2) is 96.0 Å². The smallest absolute Gasteiger partial charge is 0.408 e. The van der Waals surface area contributed by atoms with Crippen LogP contribution in [0.3, 0.4) is 0 Å². The molecule has 1 amide bonds. The summed E-state index contributed by atoms with van der Waals surface area (Å²) in [5.74, 6) is -6.32. The molecule has 0 aliphatic heterocycles. The Bertz CT molecular complexity index is 1400. The lowest BCUT2D eigenvalue weighted by Gasteiger charge is -2.34. The fourth-order valence-electron chi connectivity index (χ4n) is 4.32. The third-order valence-corrected chi connectivity index (χ3v) is 5.97. The first-order valence-electron chi connectivity index (χ1n) is 15.6. The van der Waals surface area contributed by atoms with Crippen LogP contribution in [0.2, 0.25) is 0 Å². The van der Waals surface area contributed by atoms with Gasteiger partial charge in [-0.05, 0) is 47.1 Å². The van der Waals surface area contributed by atoms with Crippen LogP contribution < -0.4 is 5.32 Å². The van der Waals surface area contributed by atoms with Crippen molar-refractivity contribution in [2.45, 2.75) is 124 Å². The lowest BCUT2D eigenvalue weighted by molar-refractivity contribution is -0.199. The SMILES string of the molecule is CC(=O)OC[C@@H](OC(C)=O)[C@@H](OC(C)=O)[C@H](OC(C)=O)C(OC(C)=O)C(=O)c1ccc(C[C@H](NC(=O)OC(C)(C)C)C(=O)OC(C)(C)C)cc1. The summed E-state index contributed by atoms with van der Waals surface area (Å²) in [7, 11) is 0. The number of nitrogens with one attached hydrogen (secondary N) is 1. The Morgan fingerprint density at radius 1 is 0.620 bits per heavy atom. The number of ketones is 1. The highest BCUT2D eigenvalue weighted by atomic mass is 16.6. The fraction of sp³-hybridized carbons (Fsp3) is 0.588. The molecule has 1 N–H and O–H groups in total. The Balaban J connectivity index is 3.60. The molecule has 0 radical (unpaired) electrons. The second-order valence-electron chi connectivity index (χ2n) is 13.1. The third-order valence-electron chi connectivity index (χ3n) is 5.97. The van der Waals surface area contributed by atoms with Gasteiger partial charge in [-0.15, -0.1) is 0 Å². The molecule has 278 valence electrons. The van der Waals surface area contributed by atoms with Gasteiger partial charge in [-0.25, -0.2) is 9.59 Å². The lowest BCUT2D eigenvalue weighted by Crippen LogP contribution is -2.55. The highest BCUT2D eigenvalue weighted by Crippen LogP contribution is 2.24. The zero-order valence-corrected chi connectivity index (χ0v) is 30.2. The predicted octanol–water partition coefficient (Wildman–Crippen LogP) is 2.94. The van der Waals surface area contributed by atoms with Crippen LogP contribution in [-0.2, 0) is 68.3 Å². The minimum Gasteiger partial charge on any atom is -0.462 e. The third kappa shape index (κ3) is 16.4. The molecular formula is C34H47NO15. The van der Waals surface area contributed by atoms with Crippen LogP contribution in [0, 0.1) is 0 Å². The second-order valence-corrected chi connectivity index (χ2v) is 13.1. The molecule has 0 aliphatic carbocycles. The molecule has 0 saturated carbocycles. The highest BCUT2D eigenvalue weighted by molar-refractivity contribution is 6.01. The molecule has 0 saturated heterocycles. The van der Waals surface area contributed by atoms with Gasteiger partial charge in [-0.3, -0.25) is 28.8 Å². The summed E-state index contributed by atoms with van der Waals surface area (Å²) in [4.78, 5) is 99.7. The van der Waals surface area contributed by atoms with E-state index in [1.165, 1.54) is 24.3 Å². The van der Waals surface area contributed by atoms with Crippen LogP contribution in [0.1, 0.15) is 92.1 Å². The maximum atomic E-state index is 13.9. The number of carbonyl (C=O) groups excluding carboxylic acids is 8. The molecule has 0 aliphatic rings. The second kappa shape index (κ2) is 18.7. The standard InChI is InChI=1S/C34H47NO15/c1-18(36)44-17-26(45-19(2)37)28(46-20(3)38)30(48-22(5)40)29(47-21(4)39)27(41)24-14-12-23(13-15-24)16-25(31(42)49-33(6,7)8)35-32(43)50-34(9,10)11/h12-15,25-26,28-30H,16-17H2,1-11H3,(H,35,43)/t25-,26+,28+,29?,30-/m0/s1. The minimum absolute atomic E-state index is 0.0825. The average molecular weight is 710 g/mol. The van der Waals surface area contributed by atoms with Crippen LogP contribution in [0.25, 0.3) is 0 Å². The van der Waals surface area contributed by atoms with E-state index < -0.39 is 96.0 Å². The Hall–Kier alpha value is -5.02. The van der Waals surface area contributed by atoms with E-state index in [1.807, 2.05) is 0 Å². The van der Waals surface area contributed by atoms with Crippen molar-refractivity contribution in [2.24, 2.45) is 0 Å². The van der Waals surface area contributed by atoms with E-state index in [9.17, 15) is 38.4 Å². The van der Waals surface area contributed by atoms with Gasteiger partial charge in [0.2, 0.25) is 11.9 Å². The van der Waals surface area contributed by atoms with E-state index in [-0.39, 0.29) is 12.0 Å². The predicted molar refractivity (Wildman–Crippen MR) is 172 cm³/mol. The number of rotatable bonds is 15. The van der Waals surface area contributed by atoms with E-state index in [2.05, 4.69) is 5.32 Å². The van der Waals surface area contributed by atoms with E-state index in [0.29, 0.717) is 5.56 Å². The van der Waals surface area contributed by atoms with E-state index in [4.69, 9.17) is 33.2 Å². The number of esters is 6. The van der Waals surface area contributed by atoms with Gasteiger partial charge in [-0.1, -0.05) is 24.3 Å². The number of carbonyl (C=O) groups is 8. The van der Waals surface area contributed by atoms with E-state index in [0.717, 1.165) is 34.6 Å². The molecule has 0 fully saturated rings. The van der Waals surface area contributed by atoms with Crippen LogP contribution in [0.5, 0.6) is 0 Å². The Kier molecular flexibility index (Phi) is 16.1. The first-order chi connectivity index (χ1) is 22.9. The van der Waals surface area contributed by atoms with Crippen molar-refractivity contribution in [3.63, 3.8) is 0 Å². The van der Waals surface area contributed by atoms with Gasteiger partial charge in [0.25, 0.3) is 0 Å². The van der Waals surface area contributed by atoms with Gasteiger partial charge in [0.1, 0.15) is 23.9 Å². The zero-order chi connectivity index (χ0) is 38.6. The van der Waals surface area contributed by atoms with Crippen molar-refractivity contribution in [2.75, 3.05) is 6.61 Å². The Morgan fingerprint density at radius 3 is 1.54 bits per heavy atom. The maximum absolute atomic E-state index is 13.9. The molecule has 0 aromatic heterocycles. The summed E-state index contributed by atoms with van der Waals surface area (Å²) in [6.07, 6.45) is -8.22. The summed E-state index contributed by atoms with van der Waals surface area (Å²) in [6.45, 7) is 14.3. The molecule has 1 aromatic carbocycles. The fourth-order valence-corrected chi connectivity index (χ4v) is 4.32. The van der Waals surface area contributed by atoms with Gasteiger partial charge in [0, 0.05) is 46.6 Å². The van der Waals surface area contributed by atoms with Crippen LogP contribution >= 0.6 is 0 Å². The molecule has 16 heteroatoms. The maximum Gasteiger partial charge on any atom is 0.408 e. The normalized spacial score (nSPS) is 14.3. The lowest BCUT2D eigenvalue weighted by atomic mass is 9.94. The average Bonchev–Trinajstić information content (AvgIpc) is 2.93. The molecule has 1 unspecified atom stereocenters. The van der Waals surface area contributed by atoms with Gasteiger partial charge in [0.15, 0.2) is 18.3 Å². The molecule has 1 aromatic rings. The topological polar surface area (TPSA) is 213 Å². The van der Waals surface area contributed by atoms with Crippen molar-refractivity contribution >= 4 is 47.7 Å². The number of benzene rings is 1. The number of amides is 1. The van der Waals surface area contributed by atoms with Crippen molar-refractivity contribution < 1.29 is 71.5 Å². The monoisotopic (exact) mass is 709 g/mol. The van der Waals surface area contributed by atoms with Crippen LogP contribution in [0.15, 0.2) is 24.3 Å². The quantitative estimate of drug-likeness (QED) is 0.157. The molecule has 0 spiro atoms. The zero-order valence-electron chi connectivity index (χ0n) is 30.2. The number of Topliss-reactive ketones (excluding diaryl/α,β-unsaturated/α-hetero) is 1. The van der Waals surface area contributed by atoms with Crippen molar-refractivity contribution in [3.8, 4) is 0 Å². The largest absolute Gasteiger partial charge is 0.462 e. The van der Waals surface area contributed by atoms with Gasteiger partial charge in [-0.2, -0.15) is 0 Å². The van der Waals surface area contributed by atoms with Gasteiger partial charge >= 0.3 is 41.9 Å². The summed E-state index contributed by atoms with van der Waals surface area (Å²) >= 11 is 0. The molecule has 5 atom stereocenters. The van der Waals surface area contributed by atoms with Crippen LogP contribution in [0.4, 0.5) is 4.79 Å². The van der Waals surface area contributed by atoms with E-state index in [1.54, 1.807) is 41.5 Å². The summed E-state index contributed by atoms with van der Waals surface area (Å²) in [6, 6.07) is 4.37. The van der Waals surface area contributed by atoms with Gasteiger partial charge < -0.3 is 38.5 Å². The first-order valence-corrected chi connectivity index (χ1v) is 15.6. The Morgan fingerprint density at radius 2 is 1.10 bits per heavy atom. The van der Waals surface area contributed by atoms with Crippen molar-refractivity contribution in [1.29, 1.82) is 0 Å². The Labute approximate surface area is 290 Å². The van der Waals surface area contributed by atoms with Crippen molar-refractivity contribution in [3.05, 3.63) is 35.4 Å². The number of ether oxygens (including phenoxy) is 7. The van der Waals surface area contributed by atoms with Gasteiger partial charge in [0.05, 0.1) is 0 Å². The molecule has 1 rings (SSSR count). The summed E-state index contributed by atoms with van der Waals surface area (Å²) in [5.41, 5.74) is -1.35. The summed E-state index contributed by atoms with van der Waals surface area (Å²) < 4.78 is 36.9. The summed E-state index contributed by atoms with van der Waals surface area (Å²) in [5, 5.41) is 2.51. The molecule has 0 bridgehead atoms. The number of alkyl carbamates (subject to hydrolysis) is 1.